The van der Waals surface area contributed by atoms with Crippen molar-refractivity contribution in [1.29, 1.82) is 0 Å². The monoisotopic (exact) mass is 372 g/mol. The molecule has 0 amide bonds. The fraction of sp³-hybridized carbons (Fsp3) is 0.417. The van der Waals surface area contributed by atoms with Crippen LogP contribution in [0.15, 0.2) is 36.4 Å². The minimum absolute atomic E-state index is 0.112. The van der Waals surface area contributed by atoms with Crippen LogP contribution in [0.4, 0.5) is 13.2 Å². The number of hydrogen-bond acceptors (Lipinski definition) is 0. The molecular formula is C24H27F3. The highest BCUT2D eigenvalue weighted by atomic mass is 19.2. The SMILES string of the molecule is CCCc1ccc(/C=C/C2CCC(c3ccc(C)cc3F)CC2)c(F)c1F. The second-order valence-electron chi connectivity index (χ2n) is 7.69. The molecule has 3 rings (SSSR count). The van der Waals surface area contributed by atoms with Crippen molar-refractivity contribution in [2.24, 2.45) is 5.92 Å². The van der Waals surface area contributed by atoms with Crippen LogP contribution in [0.1, 0.15) is 67.2 Å². The quantitative estimate of drug-likeness (QED) is 0.514. The summed E-state index contributed by atoms with van der Waals surface area (Å²) in [5.74, 6) is -1.02. The maximum absolute atomic E-state index is 14.2. The van der Waals surface area contributed by atoms with Crippen LogP contribution in [-0.4, -0.2) is 0 Å². The van der Waals surface area contributed by atoms with E-state index in [1.165, 1.54) is 0 Å². The molecule has 1 fully saturated rings. The van der Waals surface area contributed by atoms with Crippen LogP contribution in [0.5, 0.6) is 0 Å². The van der Waals surface area contributed by atoms with Gasteiger partial charge in [-0.1, -0.05) is 49.8 Å². The zero-order valence-corrected chi connectivity index (χ0v) is 16.1. The molecule has 3 heteroatoms. The fourth-order valence-electron chi connectivity index (χ4n) is 4.02. The van der Waals surface area contributed by atoms with Gasteiger partial charge in [0.05, 0.1) is 0 Å². The van der Waals surface area contributed by atoms with Crippen molar-refractivity contribution in [2.45, 2.75) is 58.3 Å². The summed E-state index contributed by atoms with van der Waals surface area (Å²) in [7, 11) is 0. The Morgan fingerprint density at radius 3 is 2.37 bits per heavy atom. The van der Waals surface area contributed by atoms with Gasteiger partial charge in [-0.25, -0.2) is 13.2 Å². The summed E-state index contributed by atoms with van der Waals surface area (Å²) in [6.07, 6.45) is 8.73. The predicted octanol–water partition coefficient (Wildman–Crippen LogP) is 7.35. The lowest BCUT2D eigenvalue weighted by atomic mass is 9.78. The first-order chi connectivity index (χ1) is 13.0. The van der Waals surface area contributed by atoms with Crippen LogP contribution in [0.3, 0.4) is 0 Å². The molecule has 1 aliphatic rings. The van der Waals surface area contributed by atoms with Crippen LogP contribution in [0, 0.1) is 30.3 Å². The van der Waals surface area contributed by atoms with Gasteiger partial charge in [-0.05, 0) is 73.6 Å². The first-order valence-corrected chi connectivity index (χ1v) is 9.90. The second-order valence-corrected chi connectivity index (χ2v) is 7.69. The third-order valence-corrected chi connectivity index (χ3v) is 5.63. The average Bonchev–Trinajstić information content (AvgIpc) is 2.66. The van der Waals surface area contributed by atoms with Crippen molar-refractivity contribution >= 4 is 6.08 Å². The minimum Gasteiger partial charge on any atom is -0.207 e. The standard InChI is InChI=1S/C24H27F3/c1-3-4-19-12-13-20(24(27)23(19)26)11-8-17-6-9-18(10-7-17)21-14-5-16(2)15-22(21)25/h5,8,11-15,17-18H,3-4,6-7,9-10H2,1-2H3/b11-8+. The molecule has 0 atom stereocenters. The summed E-state index contributed by atoms with van der Waals surface area (Å²) in [6, 6.07) is 8.80. The summed E-state index contributed by atoms with van der Waals surface area (Å²) in [5, 5.41) is 0. The van der Waals surface area contributed by atoms with Gasteiger partial charge in [0.1, 0.15) is 5.82 Å². The smallest absolute Gasteiger partial charge is 0.166 e. The van der Waals surface area contributed by atoms with E-state index in [1.807, 2.05) is 32.1 Å². The molecule has 0 N–H and O–H groups in total. The van der Waals surface area contributed by atoms with E-state index >= 15 is 0 Å². The molecule has 0 bridgehead atoms. The van der Waals surface area contributed by atoms with Gasteiger partial charge >= 0.3 is 0 Å². The molecule has 0 heterocycles. The average molecular weight is 372 g/mol. The Bertz CT molecular complexity index is 815. The molecule has 0 unspecified atom stereocenters. The van der Waals surface area contributed by atoms with E-state index in [0.29, 0.717) is 23.5 Å². The molecule has 0 saturated heterocycles. The number of aryl methyl sites for hydroxylation is 2. The van der Waals surface area contributed by atoms with Crippen molar-refractivity contribution in [3.05, 3.63) is 76.1 Å². The van der Waals surface area contributed by atoms with E-state index in [-0.39, 0.29) is 11.7 Å². The molecule has 0 aliphatic heterocycles. The van der Waals surface area contributed by atoms with E-state index in [1.54, 1.807) is 24.3 Å². The summed E-state index contributed by atoms with van der Waals surface area (Å²) >= 11 is 0. The number of hydrogen-bond donors (Lipinski definition) is 0. The second kappa shape index (κ2) is 8.77. The van der Waals surface area contributed by atoms with E-state index in [0.717, 1.165) is 43.2 Å². The Morgan fingerprint density at radius 1 is 0.963 bits per heavy atom. The molecule has 27 heavy (non-hydrogen) atoms. The molecule has 1 aliphatic carbocycles. The summed E-state index contributed by atoms with van der Waals surface area (Å²) in [4.78, 5) is 0. The highest BCUT2D eigenvalue weighted by molar-refractivity contribution is 5.51. The molecule has 144 valence electrons. The number of halogens is 3. The van der Waals surface area contributed by atoms with Crippen molar-refractivity contribution in [2.75, 3.05) is 0 Å². The Hall–Kier alpha value is -2.03. The highest BCUT2D eigenvalue weighted by Crippen LogP contribution is 2.37. The summed E-state index contributed by atoms with van der Waals surface area (Å²) < 4.78 is 42.5. The van der Waals surface area contributed by atoms with Crippen LogP contribution in [0.25, 0.3) is 6.08 Å². The first kappa shape index (κ1) is 19.7. The predicted molar refractivity (Wildman–Crippen MR) is 105 cm³/mol. The Morgan fingerprint density at radius 2 is 1.70 bits per heavy atom. The molecule has 0 radical (unpaired) electrons. The van der Waals surface area contributed by atoms with E-state index in [4.69, 9.17) is 0 Å². The topological polar surface area (TPSA) is 0 Å². The minimum atomic E-state index is -0.757. The van der Waals surface area contributed by atoms with Gasteiger partial charge in [-0.3, -0.25) is 0 Å². The lowest BCUT2D eigenvalue weighted by molar-refractivity contribution is 0.369. The lowest BCUT2D eigenvalue weighted by Crippen LogP contribution is -2.13. The molecule has 1 saturated carbocycles. The lowest BCUT2D eigenvalue weighted by Gasteiger charge is -2.27. The Labute approximate surface area is 160 Å². The van der Waals surface area contributed by atoms with Gasteiger partial charge in [0.2, 0.25) is 0 Å². The number of rotatable bonds is 5. The Balaban J connectivity index is 1.63. The normalized spacial score (nSPS) is 20.3. The van der Waals surface area contributed by atoms with Gasteiger partial charge in [0, 0.05) is 5.56 Å². The van der Waals surface area contributed by atoms with Crippen LogP contribution >= 0.6 is 0 Å². The van der Waals surface area contributed by atoms with Crippen LogP contribution in [-0.2, 0) is 6.42 Å². The largest absolute Gasteiger partial charge is 0.207 e. The molecule has 0 nitrogen and oxygen atoms in total. The summed E-state index contributed by atoms with van der Waals surface area (Å²) in [6.45, 7) is 3.84. The first-order valence-electron chi connectivity index (χ1n) is 9.90. The van der Waals surface area contributed by atoms with Gasteiger partial charge < -0.3 is 0 Å². The van der Waals surface area contributed by atoms with E-state index in [2.05, 4.69) is 0 Å². The zero-order valence-electron chi connectivity index (χ0n) is 16.1. The van der Waals surface area contributed by atoms with Gasteiger partial charge in [-0.15, -0.1) is 0 Å². The maximum atomic E-state index is 14.2. The zero-order chi connectivity index (χ0) is 19.4. The number of benzene rings is 2. The fourth-order valence-corrected chi connectivity index (χ4v) is 4.02. The van der Waals surface area contributed by atoms with Crippen molar-refractivity contribution in [3.63, 3.8) is 0 Å². The molecule has 0 aromatic heterocycles. The third kappa shape index (κ3) is 4.63. The van der Waals surface area contributed by atoms with E-state index < -0.39 is 11.6 Å². The van der Waals surface area contributed by atoms with Gasteiger partial charge in [0.15, 0.2) is 11.6 Å². The van der Waals surface area contributed by atoms with Crippen molar-refractivity contribution in [1.82, 2.24) is 0 Å². The molecule has 0 spiro atoms. The highest BCUT2D eigenvalue weighted by Gasteiger charge is 2.23. The van der Waals surface area contributed by atoms with Gasteiger partial charge in [0.25, 0.3) is 0 Å². The van der Waals surface area contributed by atoms with Crippen LogP contribution in [0.2, 0.25) is 0 Å². The van der Waals surface area contributed by atoms with E-state index in [9.17, 15) is 13.2 Å². The molecule has 2 aromatic carbocycles. The molecule has 2 aromatic rings. The van der Waals surface area contributed by atoms with Crippen molar-refractivity contribution in [3.8, 4) is 0 Å². The summed E-state index contributed by atoms with van der Waals surface area (Å²) in [5.41, 5.74) is 2.49. The number of allylic oxidation sites excluding steroid dienone is 1. The van der Waals surface area contributed by atoms with Crippen LogP contribution < -0.4 is 0 Å². The third-order valence-electron chi connectivity index (χ3n) is 5.63. The van der Waals surface area contributed by atoms with Crippen molar-refractivity contribution < 1.29 is 13.2 Å². The maximum Gasteiger partial charge on any atom is 0.166 e. The van der Waals surface area contributed by atoms with Gasteiger partial charge in [-0.2, -0.15) is 0 Å². The Kier molecular flexibility index (Phi) is 6.41. The molecular weight excluding hydrogens is 345 g/mol.